The molecule has 1 fully saturated rings. The van der Waals surface area contributed by atoms with E-state index in [0.717, 1.165) is 17.7 Å². The van der Waals surface area contributed by atoms with Gasteiger partial charge < -0.3 is 4.90 Å². The van der Waals surface area contributed by atoms with Crippen molar-refractivity contribution < 1.29 is 13.2 Å². The summed E-state index contributed by atoms with van der Waals surface area (Å²) in [6, 6.07) is 3.53. The molecule has 1 aromatic heterocycles. The molecule has 1 aromatic rings. The van der Waals surface area contributed by atoms with Crippen molar-refractivity contribution in [1.82, 2.24) is 9.21 Å². The van der Waals surface area contributed by atoms with E-state index in [9.17, 15) is 13.2 Å². The average molecular weight is 288 g/mol. The Bertz CT molecular complexity index is 516. The zero-order valence-electron chi connectivity index (χ0n) is 10.2. The third-order valence-electron chi connectivity index (χ3n) is 3.00. The van der Waals surface area contributed by atoms with Crippen molar-refractivity contribution in [3.8, 4) is 0 Å². The summed E-state index contributed by atoms with van der Waals surface area (Å²) in [4.78, 5) is 13.3. The number of hydrogen-bond donors (Lipinski definition) is 0. The van der Waals surface area contributed by atoms with Gasteiger partial charge in [-0.3, -0.25) is 4.79 Å². The molecule has 0 aliphatic carbocycles. The van der Waals surface area contributed by atoms with Crippen molar-refractivity contribution in [1.29, 1.82) is 0 Å². The van der Waals surface area contributed by atoms with Crippen molar-refractivity contribution in [2.75, 3.05) is 26.2 Å². The molecule has 0 radical (unpaired) electrons. The summed E-state index contributed by atoms with van der Waals surface area (Å²) in [5.74, 6) is 0. The number of aryl methyl sites for hydroxylation is 1. The van der Waals surface area contributed by atoms with Gasteiger partial charge in [-0.05, 0) is 18.6 Å². The van der Waals surface area contributed by atoms with Gasteiger partial charge in [-0.1, -0.05) is 6.92 Å². The summed E-state index contributed by atoms with van der Waals surface area (Å²) in [6.07, 6.45) is 1.61. The second kappa shape index (κ2) is 5.38. The molecular formula is C11H16N2O3S2. The van der Waals surface area contributed by atoms with Crippen LogP contribution in [0.25, 0.3) is 0 Å². The maximum absolute atomic E-state index is 12.3. The van der Waals surface area contributed by atoms with Crippen LogP contribution in [0.3, 0.4) is 0 Å². The summed E-state index contributed by atoms with van der Waals surface area (Å²) in [6.45, 7) is 3.69. The lowest BCUT2D eigenvalue weighted by atomic mass is 10.4. The molecule has 0 atom stereocenters. The lowest BCUT2D eigenvalue weighted by Crippen LogP contribution is -2.47. The highest BCUT2D eigenvalue weighted by molar-refractivity contribution is 7.91. The molecule has 5 nitrogen and oxygen atoms in total. The highest BCUT2D eigenvalue weighted by Crippen LogP contribution is 2.25. The van der Waals surface area contributed by atoms with Crippen LogP contribution in [0.2, 0.25) is 0 Å². The molecule has 0 aromatic carbocycles. The number of piperazine rings is 1. The molecule has 1 aliphatic rings. The SMILES string of the molecule is CCc1ccc(S(=O)(=O)N2CCN(C=O)CC2)s1. The van der Waals surface area contributed by atoms with Crippen molar-refractivity contribution >= 4 is 27.8 Å². The number of carbonyl (C=O) groups is 1. The van der Waals surface area contributed by atoms with Gasteiger partial charge >= 0.3 is 0 Å². The highest BCUT2D eigenvalue weighted by atomic mass is 32.2. The lowest BCUT2D eigenvalue weighted by molar-refractivity contribution is -0.119. The monoisotopic (exact) mass is 288 g/mol. The molecule has 2 rings (SSSR count). The molecule has 18 heavy (non-hydrogen) atoms. The third kappa shape index (κ3) is 2.57. The Labute approximate surface area is 111 Å². The zero-order chi connectivity index (χ0) is 13.2. The Balaban J connectivity index is 2.14. The van der Waals surface area contributed by atoms with Gasteiger partial charge in [0.2, 0.25) is 6.41 Å². The number of sulfonamides is 1. The van der Waals surface area contributed by atoms with Crippen LogP contribution in [-0.4, -0.2) is 50.2 Å². The second-order valence-electron chi connectivity index (χ2n) is 4.12. The Morgan fingerprint density at radius 1 is 1.28 bits per heavy atom. The van der Waals surface area contributed by atoms with Crippen LogP contribution in [0.5, 0.6) is 0 Å². The molecule has 0 bridgehead atoms. The van der Waals surface area contributed by atoms with E-state index in [-0.39, 0.29) is 0 Å². The summed E-state index contributed by atoms with van der Waals surface area (Å²) in [5, 5.41) is 0. The van der Waals surface area contributed by atoms with Gasteiger partial charge in [0.25, 0.3) is 10.0 Å². The van der Waals surface area contributed by atoms with E-state index in [1.807, 2.05) is 13.0 Å². The van der Waals surface area contributed by atoms with E-state index in [2.05, 4.69) is 0 Å². The topological polar surface area (TPSA) is 57.7 Å². The number of nitrogens with zero attached hydrogens (tertiary/aromatic N) is 2. The van der Waals surface area contributed by atoms with Crippen molar-refractivity contribution in [3.05, 3.63) is 17.0 Å². The largest absolute Gasteiger partial charge is 0.343 e. The minimum absolute atomic E-state index is 0.375. The van der Waals surface area contributed by atoms with Crippen LogP contribution >= 0.6 is 11.3 Å². The van der Waals surface area contributed by atoms with Crippen LogP contribution in [0.1, 0.15) is 11.8 Å². The van der Waals surface area contributed by atoms with Crippen LogP contribution in [0, 0.1) is 0 Å². The Hall–Kier alpha value is -0.920. The molecule has 2 heterocycles. The fraction of sp³-hybridized carbons (Fsp3) is 0.545. The third-order valence-corrected chi connectivity index (χ3v) is 6.60. The standard InChI is InChI=1S/C11H16N2O3S2/c1-2-10-3-4-11(17-10)18(15,16)13-7-5-12(9-14)6-8-13/h3-4,9H,2,5-8H2,1H3. The van der Waals surface area contributed by atoms with E-state index >= 15 is 0 Å². The Kier molecular flexibility index (Phi) is 4.04. The van der Waals surface area contributed by atoms with Crippen LogP contribution in [0.4, 0.5) is 0 Å². The van der Waals surface area contributed by atoms with Gasteiger partial charge in [0.15, 0.2) is 0 Å². The van der Waals surface area contributed by atoms with Crippen molar-refractivity contribution in [3.63, 3.8) is 0 Å². The molecular weight excluding hydrogens is 272 g/mol. The van der Waals surface area contributed by atoms with E-state index < -0.39 is 10.0 Å². The van der Waals surface area contributed by atoms with Crippen LogP contribution in [0.15, 0.2) is 16.3 Å². The smallest absolute Gasteiger partial charge is 0.252 e. The summed E-state index contributed by atoms with van der Waals surface area (Å²) in [5.41, 5.74) is 0. The van der Waals surface area contributed by atoms with E-state index in [1.165, 1.54) is 15.6 Å². The minimum Gasteiger partial charge on any atom is -0.343 e. The van der Waals surface area contributed by atoms with Crippen molar-refractivity contribution in [2.24, 2.45) is 0 Å². The highest BCUT2D eigenvalue weighted by Gasteiger charge is 2.29. The van der Waals surface area contributed by atoms with Gasteiger partial charge in [0, 0.05) is 31.1 Å². The van der Waals surface area contributed by atoms with E-state index in [4.69, 9.17) is 0 Å². The molecule has 100 valence electrons. The maximum atomic E-state index is 12.3. The molecule has 0 saturated carbocycles. The molecule has 0 N–H and O–H groups in total. The van der Waals surface area contributed by atoms with Crippen molar-refractivity contribution in [2.45, 2.75) is 17.6 Å². The van der Waals surface area contributed by atoms with Gasteiger partial charge in [-0.15, -0.1) is 11.3 Å². The minimum atomic E-state index is -3.37. The molecule has 1 aliphatic heterocycles. The van der Waals surface area contributed by atoms with Gasteiger partial charge in [0.05, 0.1) is 0 Å². The first-order valence-electron chi connectivity index (χ1n) is 5.86. The summed E-state index contributed by atoms with van der Waals surface area (Å²) >= 11 is 1.33. The molecule has 7 heteroatoms. The van der Waals surface area contributed by atoms with Gasteiger partial charge in [-0.25, -0.2) is 8.42 Å². The molecule has 1 saturated heterocycles. The molecule has 1 amide bonds. The fourth-order valence-electron chi connectivity index (χ4n) is 1.86. The van der Waals surface area contributed by atoms with Gasteiger partial charge in [0.1, 0.15) is 4.21 Å². The summed E-state index contributed by atoms with van der Waals surface area (Å²) in [7, 11) is -3.37. The fourth-order valence-corrected chi connectivity index (χ4v) is 4.74. The van der Waals surface area contributed by atoms with Crippen LogP contribution in [-0.2, 0) is 21.2 Å². The Morgan fingerprint density at radius 3 is 2.44 bits per heavy atom. The lowest BCUT2D eigenvalue weighted by Gasteiger charge is -2.31. The van der Waals surface area contributed by atoms with Gasteiger partial charge in [-0.2, -0.15) is 4.31 Å². The first-order valence-corrected chi connectivity index (χ1v) is 8.11. The first-order chi connectivity index (χ1) is 8.57. The second-order valence-corrected chi connectivity index (χ2v) is 7.45. The predicted octanol–water partition coefficient (Wildman–Crippen LogP) is 0.773. The average Bonchev–Trinajstić information content (AvgIpc) is 2.88. The molecule has 0 unspecified atom stereocenters. The Morgan fingerprint density at radius 2 is 1.94 bits per heavy atom. The normalized spacial score (nSPS) is 17.9. The maximum Gasteiger partial charge on any atom is 0.252 e. The van der Waals surface area contributed by atoms with Crippen LogP contribution < -0.4 is 0 Å². The molecule has 0 spiro atoms. The number of amides is 1. The first kappa shape index (κ1) is 13.5. The zero-order valence-corrected chi connectivity index (χ0v) is 11.8. The quantitative estimate of drug-likeness (QED) is 0.769. The predicted molar refractivity (Wildman–Crippen MR) is 70.1 cm³/mol. The van der Waals surface area contributed by atoms with E-state index in [1.54, 1.807) is 11.0 Å². The number of rotatable bonds is 4. The summed E-state index contributed by atoms with van der Waals surface area (Å²) < 4.78 is 26.5. The van der Waals surface area contributed by atoms with E-state index in [0.29, 0.717) is 30.4 Å². The number of thiophene rings is 1. The number of carbonyl (C=O) groups excluding carboxylic acids is 1. The number of hydrogen-bond acceptors (Lipinski definition) is 4.